The summed E-state index contributed by atoms with van der Waals surface area (Å²) >= 11 is 5.91. The smallest absolute Gasteiger partial charge is 0.249 e. The summed E-state index contributed by atoms with van der Waals surface area (Å²) in [7, 11) is 0. The fourth-order valence-electron chi connectivity index (χ4n) is 2.12. The van der Waals surface area contributed by atoms with Crippen molar-refractivity contribution in [2.75, 3.05) is 18.0 Å². The third kappa shape index (κ3) is 2.94. The normalized spacial score (nSPS) is 17.6. The third-order valence-electron chi connectivity index (χ3n) is 3.16. The summed E-state index contributed by atoms with van der Waals surface area (Å²) in [6, 6.07) is 4.33. The Balaban J connectivity index is 2.14. The first-order chi connectivity index (χ1) is 9.40. The molecule has 6 heteroatoms. The first-order valence-corrected chi connectivity index (χ1v) is 6.91. The van der Waals surface area contributed by atoms with Crippen LogP contribution in [0.15, 0.2) is 18.2 Å². The van der Waals surface area contributed by atoms with E-state index in [9.17, 15) is 9.59 Å². The summed E-state index contributed by atoms with van der Waals surface area (Å²) in [5, 5.41) is 3.31. The maximum absolute atomic E-state index is 12.1. The Morgan fingerprint density at radius 2 is 2.20 bits per heavy atom. The van der Waals surface area contributed by atoms with Crippen molar-refractivity contribution in [3.8, 4) is 0 Å². The van der Waals surface area contributed by atoms with Crippen LogP contribution in [0.3, 0.4) is 0 Å². The predicted octanol–water partition coefficient (Wildman–Crippen LogP) is 1.46. The zero-order chi connectivity index (χ0) is 14.9. The molecule has 1 aliphatic heterocycles. The Labute approximate surface area is 123 Å². The van der Waals surface area contributed by atoms with Crippen LogP contribution < -0.4 is 16.0 Å². The molecule has 1 heterocycles. The Morgan fingerprint density at radius 1 is 1.50 bits per heavy atom. The fourth-order valence-corrected chi connectivity index (χ4v) is 2.30. The van der Waals surface area contributed by atoms with Gasteiger partial charge in [-0.1, -0.05) is 25.4 Å². The van der Waals surface area contributed by atoms with Crippen LogP contribution in [0, 0.1) is 5.92 Å². The Hall–Kier alpha value is -1.59. The minimum Gasteiger partial charge on any atom is -0.354 e. The summed E-state index contributed by atoms with van der Waals surface area (Å²) < 4.78 is 0. The molecule has 0 radical (unpaired) electrons. The summed E-state index contributed by atoms with van der Waals surface area (Å²) in [4.78, 5) is 25.4. The number of carbonyl (C=O) groups is 2. The number of benzene rings is 1. The quantitative estimate of drug-likeness (QED) is 0.883. The van der Waals surface area contributed by atoms with Crippen LogP contribution in [-0.2, 0) is 9.59 Å². The summed E-state index contributed by atoms with van der Waals surface area (Å²) in [5.74, 6) is -0.106. The minimum atomic E-state index is -0.749. The fraction of sp³-hybridized carbons (Fsp3) is 0.429. The molecular formula is C14H18ClN3O2. The van der Waals surface area contributed by atoms with Crippen LogP contribution in [-0.4, -0.2) is 24.9 Å². The molecule has 0 saturated heterocycles. The van der Waals surface area contributed by atoms with Gasteiger partial charge in [0.1, 0.15) is 12.6 Å². The van der Waals surface area contributed by atoms with Crippen molar-refractivity contribution in [2.24, 2.45) is 11.7 Å². The highest BCUT2D eigenvalue weighted by Crippen LogP contribution is 2.35. The predicted molar refractivity (Wildman–Crippen MR) is 78.6 cm³/mol. The highest BCUT2D eigenvalue weighted by molar-refractivity contribution is 6.31. The Kier molecular flexibility index (Phi) is 4.30. The highest BCUT2D eigenvalue weighted by atomic mass is 35.5. The molecule has 0 aliphatic carbocycles. The second kappa shape index (κ2) is 5.81. The second-order valence-electron chi connectivity index (χ2n) is 5.30. The van der Waals surface area contributed by atoms with Crippen molar-refractivity contribution < 1.29 is 9.59 Å². The van der Waals surface area contributed by atoms with Gasteiger partial charge in [0.15, 0.2) is 0 Å². The van der Waals surface area contributed by atoms with Crippen molar-refractivity contribution in [3.05, 3.63) is 28.8 Å². The molecule has 0 aromatic heterocycles. The molecule has 0 fully saturated rings. The van der Waals surface area contributed by atoms with Gasteiger partial charge in [-0.15, -0.1) is 0 Å². The van der Waals surface area contributed by atoms with E-state index in [0.717, 1.165) is 0 Å². The lowest BCUT2D eigenvalue weighted by Gasteiger charge is -2.17. The largest absolute Gasteiger partial charge is 0.354 e. The van der Waals surface area contributed by atoms with Gasteiger partial charge in [0.25, 0.3) is 0 Å². The molecule has 1 unspecified atom stereocenters. The van der Waals surface area contributed by atoms with Crippen molar-refractivity contribution >= 4 is 29.1 Å². The van der Waals surface area contributed by atoms with Crippen LogP contribution in [0.1, 0.15) is 25.5 Å². The van der Waals surface area contributed by atoms with E-state index < -0.39 is 6.04 Å². The number of amides is 2. The molecule has 0 saturated carbocycles. The van der Waals surface area contributed by atoms with E-state index in [1.165, 1.54) is 4.90 Å². The Bertz CT molecular complexity index is 545. The Morgan fingerprint density at radius 3 is 2.85 bits per heavy atom. The molecular weight excluding hydrogens is 278 g/mol. The van der Waals surface area contributed by atoms with Gasteiger partial charge in [0.2, 0.25) is 11.8 Å². The summed E-state index contributed by atoms with van der Waals surface area (Å²) in [6.45, 7) is 4.58. The first kappa shape index (κ1) is 14.8. The minimum absolute atomic E-state index is 0.0200. The van der Waals surface area contributed by atoms with Crippen molar-refractivity contribution in [1.82, 2.24) is 5.32 Å². The molecule has 0 spiro atoms. The van der Waals surface area contributed by atoms with Gasteiger partial charge >= 0.3 is 0 Å². The van der Waals surface area contributed by atoms with E-state index in [-0.39, 0.29) is 18.4 Å². The molecule has 5 nitrogen and oxygen atoms in total. The molecule has 108 valence electrons. The number of carbonyl (C=O) groups excluding carboxylic acids is 2. The maximum Gasteiger partial charge on any atom is 0.249 e. The maximum atomic E-state index is 12.1. The molecule has 1 aliphatic rings. The number of hydrogen-bond acceptors (Lipinski definition) is 3. The standard InChI is InChI=1S/C14H18ClN3O2/c1-8(2)6-17-12(19)7-18-11-4-3-9(15)5-10(11)13(16)14(18)20/h3-5,8,13H,6-7,16H2,1-2H3,(H,17,19). The van der Waals surface area contributed by atoms with Crippen molar-refractivity contribution in [3.63, 3.8) is 0 Å². The molecule has 20 heavy (non-hydrogen) atoms. The number of nitrogens with one attached hydrogen (secondary N) is 1. The molecule has 0 bridgehead atoms. The number of rotatable bonds is 4. The summed E-state index contributed by atoms with van der Waals surface area (Å²) in [5.41, 5.74) is 7.19. The van der Waals surface area contributed by atoms with E-state index in [1.807, 2.05) is 13.8 Å². The average Bonchev–Trinajstić information content (AvgIpc) is 2.61. The molecule has 1 atom stereocenters. The van der Waals surface area contributed by atoms with Crippen LogP contribution in [0.25, 0.3) is 0 Å². The lowest BCUT2D eigenvalue weighted by Crippen LogP contribution is -2.41. The van der Waals surface area contributed by atoms with E-state index in [2.05, 4.69) is 5.32 Å². The lowest BCUT2D eigenvalue weighted by molar-refractivity contribution is -0.124. The van der Waals surface area contributed by atoms with E-state index in [4.69, 9.17) is 17.3 Å². The van der Waals surface area contributed by atoms with Gasteiger partial charge in [0.05, 0.1) is 0 Å². The molecule has 1 aromatic rings. The highest BCUT2D eigenvalue weighted by Gasteiger charge is 2.35. The first-order valence-electron chi connectivity index (χ1n) is 6.53. The number of nitrogens with two attached hydrogens (primary N) is 1. The van der Waals surface area contributed by atoms with E-state index in [1.54, 1.807) is 18.2 Å². The van der Waals surface area contributed by atoms with Crippen molar-refractivity contribution in [1.29, 1.82) is 0 Å². The molecule has 3 N–H and O–H groups in total. The van der Waals surface area contributed by atoms with Crippen molar-refractivity contribution in [2.45, 2.75) is 19.9 Å². The summed E-state index contributed by atoms with van der Waals surface area (Å²) in [6.07, 6.45) is 0. The van der Waals surface area contributed by atoms with Gasteiger partial charge < -0.3 is 16.0 Å². The third-order valence-corrected chi connectivity index (χ3v) is 3.39. The second-order valence-corrected chi connectivity index (χ2v) is 5.74. The molecule has 2 rings (SSSR count). The topological polar surface area (TPSA) is 75.4 Å². The lowest BCUT2D eigenvalue weighted by atomic mass is 10.1. The zero-order valence-electron chi connectivity index (χ0n) is 11.5. The van der Waals surface area contributed by atoms with Gasteiger partial charge in [-0.2, -0.15) is 0 Å². The zero-order valence-corrected chi connectivity index (χ0v) is 12.3. The monoisotopic (exact) mass is 295 g/mol. The van der Waals surface area contributed by atoms with Gasteiger partial charge in [-0.05, 0) is 24.1 Å². The van der Waals surface area contributed by atoms with Gasteiger partial charge in [-0.3, -0.25) is 9.59 Å². The number of halogens is 1. The van der Waals surface area contributed by atoms with E-state index in [0.29, 0.717) is 28.7 Å². The van der Waals surface area contributed by atoms with Crippen LogP contribution in [0.4, 0.5) is 5.69 Å². The van der Waals surface area contributed by atoms with Gasteiger partial charge in [0, 0.05) is 22.8 Å². The van der Waals surface area contributed by atoms with Crippen LogP contribution in [0.5, 0.6) is 0 Å². The molecule has 1 aromatic carbocycles. The van der Waals surface area contributed by atoms with E-state index >= 15 is 0 Å². The van der Waals surface area contributed by atoms with Crippen LogP contribution in [0.2, 0.25) is 5.02 Å². The van der Waals surface area contributed by atoms with Gasteiger partial charge in [-0.25, -0.2) is 0 Å². The molecule has 2 amide bonds. The number of anilines is 1. The average molecular weight is 296 g/mol. The number of fused-ring (bicyclic) bond motifs is 1. The SMILES string of the molecule is CC(C)CNC(=O)CN1C(=O)C(N)c2cc(Cl)ccc21. The number of hydrogen-bond donors (Lipinski definition) is 2. The van der Waals surface area contributed by atoms with Crippen LogP contribution >= 0.6 is 11.6 Å². The number of nitrogens with zero attached hydrogens (tertiary/aromatic N) is 1.